The second kappa shape index (κ2) is 8.54. The molecule has 1 unspecified atom stereocenters. The van der Waals surface area contributed by atoms with Crippen molar-refractivity contribution in [3.8, 4) is 0 Å². The zero-order chi connectivity index (χ0) is 21.3. The van der Waals surface area contributed by atoms with Crippen LogP contribution in [0.25, 0.3) is 0 Å². The zero-order valence-electron chi connectivity index (χ0n) is 16.7. The van der Waals surface area contributed by atoms with Crippen molar-refractivity contribution in [2.45, 2.75) is 19.2 Å². The molecule has 152 valence electrons. The lowest BCUT2D eigenvalue weighted by molar-refractivity contribution is -0.115. The minimum absolute atomic E-state index is 0.0594. The summed E-state index contributed by atoms with van der Waals surface area (Å²) in [5.41, 5.74) is 5.06. The highest BCUT2D eigenvalue weighted by Gasteiger charge is 2.36. The Morgan fingerprint density at radius 3 is 2.57 bits per heavy atom. The van der Waals surface area contributed by atoms with Crippen LogP contribution in [0.5, 0.6) is 0 Å². The molecule has 6 heteroatoms. The number of aryl methyl sites for hydroxylation is 2. The molecule has 0 aromatic heterocycles. The maximum Gasteiger partial charge on any atom is 0.257 e. The summed E-state index contributed by atoms with van der Waals surface area (Å²) in [5.74, 6) is 0.176. The first-order valence-corrected chi connectivity index (χ1v) is 11.0. The number of hydrogen-bond donors (Lipinski definition) is 1. The smallest absolute Gasteiger partial charge is 0.257 e. The molecule has 1 aliphatic heterocycles. The van der Waals surface area contributed by atoms with Gasteiger partial charge in [-0.15, -0.1) is 11.8 Å². The molecule has 0 aliphatic carbocycles. The Labute approximate surface area is 185 Å². The van der Waals surface area contributed by atoms with E-state index in [2.05, 4.69) is 11.4 Å². The Morgan fingerprint density at radius 1 is 1.07 bits per heavy atom. The van der Waals surface area contributed by atoms with Crippen molar-refractivity contribution in [1.29, 1.82) is 0 Å². The number of carbonyl (C=O) groups excluding carboxylic acids is 2. The van der Waals surface area contributed by atoms with E-state index in [0.29, 0.717) is 22.0 Å². The summed E-state index contributed by atoms with van der Waals surface area (Å²) in [6.07, 6.45) is 0. The second-order valence-corrected chi connectivity index (χ2v) is 8.71. The van der Waals surface area contributed by atoms with Crippen LogP contribution in [0.2, 0.25) is 5.02 Å². The van der Waals surface area contributed by atoms with Gasteiger partial charge in [-0.3, -0.25) is 14.5 Å². The van der Waals surface area contributed by atoms with Crippen LogP contribution >= 0.6 is 23.4 Å². The van der Waals surface area contributed by atoms with E-state index in [4.69, 9.17) is 11.6 Å². The average Bonchev–Trinajstić information content (AvgIpc) is 3.10. The molecule has 3 aromatic rings. The van der Waals surface area contributed by atoms with Crippen LogP contribution in [0.1, 0.15) is 32.4 Å². The first-order valence-electron chi connectivity index (χ1n) is 9.61. The Bertz CT molecular complexity index is 1130. The number of halogens is 1. The van der Waals surface area contributed by atoms with E-state index in [0.717, 1.165) is 22.4 Å². The summed E-state index contributed by atoms with van der Waals surface area (Å²) in [7, 11) is 0. The minimum atomic E-state index is -0.277. The molecule has 1 aliphatic rings. The molecule has 1 saturated heterocycles. The van der Waals surface area contributed by atoms with E-state index in [1.807, 2.05) is 55.1 Å². The van der Waals surface area contributed by atoms with Crippen LogP contribution in [-0.4, -0.2) is 17.6 Å². The van der Waals surface area contributed by atoms with Gasteiger partial charge in [-0.05, 0) is 43.7 Å². The van der Waals surface area contributed by atoms with Crippen molar-refractivity contribution in [2.24, 2.45) is 0 Å². The van der Waals surface area contributed by atoms with Gasteiger partial charge < -0.3 is 5.32 Å². The highest BCUT2D eigenvalue weighted by molar-refractivity contribution is 8.00. The molecule has 0 radical (unpaired) electrons. The first kappa shape index (κ1) is 20.5. The number of hydrogen-bond acceptors (Lipinski definition) is 3. The summed E-state index contributed by atoms with van der Waals surface area (Å²) >= 11 is 7.75. The van der Waals surface area contributed by atoms with E-state index in [1.165, 1.54) is 0 Å². The van der Waals surface area contributed by atoms with Crippen molar-refractivity contribution >= 4 is 46.6 Å². The molecular formula is C24H21ClN2O2S. The van der Waals surface area contributed by atoms with E-state index in [9.17, 15) is 9.59 Å². The third-order valence-corrected chi connectivity index (χ3v) is 6.60. The quantitative estimate of drug-likeness (QED) is 0.546. The van der Waals surface area contributed by atoms with Gasteiger partial charge in [0.2, 0.25) is 5.91 Å². The maximum atomic E-state index is 12.8. The van der Waals surface area contributed by atoms with Gasteiger partial charge in [0.15, 0.2) is 0 Å². The van der Waals surface area contributed by atoms with Crippen LogP contribution in [0.15, 0.2) is 66.7 Å². The lowest BCUT2D eigenvalue weighted by Gasteiger charge is -2.27. The van der Waals surface area contributed by atoms with E-state index < -0.39 is 0 Å². The van der Waals surface area contributed by atoms with Gasteiger partial charge in [0, 0.05) is 16.9 Å². The Kier molecular flexibility index (Phi) is 5.84. The third-order valence-electron chi connectivity index (χ3n) is 5.07. The lowest BCUT2D eigenvalue weighted by atomic mass is 10.1. The Balaban J connectivity index is 1.69. The molecule has 4 nitrogen and oxygen atoms in total. The monoisotopic (exact) mass is 436 g/mol. The number of para-hydroxylation sites is 1. The Morgan fingerprint density at radius 2 is 1.80 bits per heavy atom. The van der Waals surface area contributed by atoms with E-state index in [1.54, 1.807) is 36.0 Å². The molecule has 4 rings (SSSR count). The highest BCUT2D eigenvalue weighted by atomic mass is 35.5. The Hall–Kier alpha value is -2.76. The van der Waals surface area contributed by atoms with Gasteiger partial charge in [-0.1, -0.05) is 59.6 Å². The zero-order valence-corrected chi connectivity index (χ0v) is 18.3. The first-order chi connectivity index (χ1) is 14.5. The van der Waals surface area contributed by atoms with Crippen LogP contribution < -0.4 is 10.2 Å². The summed E-state index contributed by atoms with van der Waals surface area (Å²) in [5, 5.41) is 3.16. The number of amides is 2. The number of nitrogens with zero attached hydrogens (tertiary/aromatic N) is 1. The van der Waals surface area contributed by atoms with Crippen LogP contribution in [-0.2, 0) is 4.79 Å². The van der Waals surface area contributed by atoms with Crippen molar-refractivity contribution in [3.05, 3.63) is 94.0 Å². The molecule has 0 saturated carbocycles. The largest absolute Gasteiger partial charge is 0.322 e. The van der Waals surface area contributed by atoms with E-state index in [-0.39, 0.29) is 17.2 Å². The molecular weight excluding hydrogens is 416 g/mol. The molecule has 3 aromatic carbocycles. The molecule has 1 atom stereocenters. The van der Waals surface area contributed by atoms with Crippen molar-refractivity contribution in [1.82, 2.24) is 0 Å². The van der Waals surface area contributed by atoms with Gasteiger partial charge in [-0.2, -0.15) is 0 Å². The molecule has 0 bridgehead atoms. The summed E-state index contributed by atoms with van der Waals surface area (Å²) in [6.45, 7) is 4.05. The SMILES string of the molecule is Cc1ccc(N2C(=O)CSC2c2ccccc2NC(=O)c2ccccc2Cl)c(C)c1. The highest BCUT2D eigenvalue weighted by Crippen LogP contribution is 2.45. The van der Waals surface area contributed by atoms with Crippen molar-refractivity contribution in [3.63, 3.8) is 0 Å². The van der Waals surface area contributed by atoms with Gasteiger partial charge >= 0.3 is 0 Å². The third kappa shape index (κ3) is 3.95. The van der Waals surface area contributed by atoms with Crippen LogP contribution in [0.3, 0.4) is 0 Å². The van der Waals surface area contributed by atoms with Gasteiger partial charge in [0.1, 0.15) is 5.37 Å². The molecule has 1 N–H and O–H groups in total. The predicted octanol–water partition coefficient (Wildman–Crippen LogP) is 5.99. The molecule has 30 heavy (non-hydrogen) atoms. The summed E-state index contributed by atoms with van der Waals surface area (Å²) in [6, 6.07) is 20.6. The molecule has 2 amide bonds. The van der Waals surface area contributed by atoms with Crippen LogP contribution in [0.4, 0.5) is 11.4 Å². The van der Waals surface area contributed by atoms with E-state index >= 15 is 0 Å². The number of anilines is 2. The normalized spacial score (nSPS) is 16.0. The summed E-state index contributed by atoms with van der Waals surface area (Å²) < 4.78 is 0. The van der Waals surface area contributed by atoms with Gasteiger partial charge in [0.05, 0.1) is 16.3 Å². The fourth-order valence-corrected chi connectivity index (χ4v) is 5.08. The summed E-state index contributed by atoms with van der Waals surface area (Å²) in [4.78, 5) is 27.5. The maximum absolute atomic E-state index is 12.8. The molecule has 1 fully saturated rings. The number of rotatable bonds is 4. The van der Waals surface area contributed by atoms with Gasteiger partial charge in [0.25, 0.3) is 5.91 Å². The molecule has 0 spiro atoms. The fourth-order valence-electron chi connectivity index (χ4n) is 3.65. The fraction of sp³-hybridized carbons (Fsp3) is 0.167. The molecule has 1 heterocycles. The second-order valence-electron chi connectivity index (χ2n) is 7.24. The van der Waals surface area contributed by atoms with Crippen molar-refractivity contribution in [2.75, 3.05) is 16.0 Å². The lowest BCUT2D eigenvalue weighted by Crippen LogP contribution is -2.29. The predicted molar refractivity (Wildman–Crippen MR) is 124 cm³/mol. The number of thioether (sulfide) groups is 1. The number of benzene rings is 3. The van der Waals surface area contributed by atoms with Crippen molar-refractivity contribution < 1.29 is 9.59 Å². The number of nitrogens with one attached hydrogen (secondary N) is 1. The average molecular weight is 437 g/mol. The van der Waals surface area contributed by atoms with Crippen LogP contribution in [0, 0.1) is 13.8 Å². The number of carbonyl (C=O) groups is 2. The topological polar surface area (TPSA) is 49.4 Å². The standard InChI is InChI=1S/C24H21ClN2O2S/c1-15-11-12-21(16(2)13-15)27-22(28)14-30-24(27)18-8-4-6-10-20(18)26-23(29)17-7-3-5-9-19(17)25/h3-13,24H,14H2,1-2H3,(H,26,29). The minimum Gasteiger partial charge on any atom is -0.322 e. The van der Waals surface area contributed by atoms with Gasteiger partial charge in [-0.25, -0.2) is 0 Å².